The molecule has 0 spiro atoms. The quantitative estimate of drug-likeness (QED) is 0.896. The van der Waals surface area contributed by atoms with Gasteiger partial charge in [-0.3, -0.25) is 4.98 Å². The summed E-state index contributed by atoms with van der Waals surface area (Å²) in [7, 11) is -2.97. The van der Waals surface area contributed by atoms with Gasteiger partial charge in [-0.2, -0.15) is 0 Å². The van der Waals surface area contributed by atoms with Gasteiger partial charge in [-0.05, 0) is 43.7 Å². The van der Waals surface area contributed by atoms with E-state index in [0.717, 1.165) is 37.8 Å². The number of rotatable bonds is 5. The van der Waals surface area contributed by atoms with Crippen LogP contribution < -0.4 is 5.32 Å². The average molecular weight is 294 g/mol. The van der Waals surface area contributed by atoms with Crippen LogP contribution in [0.3, 0.4) is 0 Å². The summed E-state index contributed by atoms with van der Waals surface area (Å²) in [6, 6.07) is 4.23. The van der Waals surface area contributed by atoms with Crippen molar-refractivity contribution in [3.63, 3.8) is 0 Å². The number of hydrogen-bond donors (Lipinski definition) is 1. The molecule has 0 atom stereocenters. The van der Waals surface area contributed by atoms with Crippen molar-refractivity contribution in [2.75, 3.05) is 12.8 Å². The van der Waals surface area contributed by atoms with E-state index in [0.29, 0.717) is 13.1 Å². The predicted octanol–water partition coefficient (Wildman–Crippen LogP) is 1.63. The second-order valence-electron chi connectivity index (χ2n) is 6.17. The fourth-order valence-corrected chi connectivity index (χ4v) is 4.63. The van der Waals surface area contributed by atoms with Crippen LogP contribution in [0, 0.1) is 0 Å². The van der Waals surface area contributed by atoms with Gasteiger partial charge in [0.1, 0.15) is 0 Å². The standard InChI is InChI=1S/C15H22N2O2S/c1-20(18,19)15(8-3-9-15)11-16-10-13-7-6-12-4-2-5-14(12)17-13/h6-7,16H,2-5,8-11H2,1H3. The second-order valence-corrected chi connectivity index (χ2v) is 8.58. The van der Waals surface area contributed by atoms with Gasteiger partial charge in [0.25, 0.3) is 0 Å². The van der Waals surface area contributed by atoms with Gasteiger partial charge >= 0.3 is 0 Å². The second kappa shape index (κ2) is 5.11. The Labute approximate surface area is 120 Å². The van der Waals surface area contributed by atoms with Crippen molar-refractivity contribution in [3.8, 4) is 0 Å². The third kappa shape index (κ3) is 2.49. The molecule has 0 unspecified atom stereocenters. The van der Waals surface area contributed by atoms with Crippen LogP contribution in [0.5, 0.6) is 0 Å². The lowest BCUT2D eigenvalue weighted by molar-refractivity contribution is 0.322. The molecular weight excluding hydrogens is 272 g/mol. The highest BCUT2D eigenvalue weighted by atomic mass is 32.2. The average Bonchev–Trinajstić information content (AvgIpc) is 2.78. The van der Waals surface area contributed by atoms with Crippen LogP contribution in [0.15, 0.2) is 12.1 Å². The van der Waals surface area contributed by atoms with Crippen molar-refractivity contribution in [2.24, 2.45) is 0 Å². The molecule has 0 radical (unpaired) electrons. The summed E-state index contributed by atoms with van der Waals surface area (Å²) in [4.78, 5) is 4.67. The highest BCUT2D eigenvalue weighted by Gasteiger charge is 2.45. The van der Waals surface area contributed by atoms with Crippen LogP contribution in [0.2, 0.25) is 0 Å². The number of aryl methyl sites for hydroxylation is 2. The first-order valence-corrected chi connectivity index (χ1v) is 9.27. The molecule has 20 heavy (non-hydrogen) atoms. The Bertz CT molecular complexity index is 606. The molecule has 4 nitrogen and oxygen atoms in total. The molecular formula is C15H22N2O2S. The monoisotopic (exact) mass is 294 g/mol. The Morgan fingerprint density at radius 1 is 1.25 bits per heavy atom. The number of pyridine rings is 1. The van der Waals surface area contributed by atoms with Crippen LogP contribution in [0.4, 0.5) is 0 Å². The van der Waals surface area contributed by atoms with Crippen molar-refractivity contribution >= 4 is 9.84 Å². The Morgan fingerprint density at radius 2 is 2.05 bits per heavy atom. The highest BCUT2D eigenvalue weighted by Crippen LogP contribution is 2.38. The van der Waals surface area contributed by atoms with E-state index in [2.05, 4.69) is 22.4 Å². The largest absolute Gasteiger partial charge is 0.310 e. The van der Waals surface area contributed by atoms with Crippen molar-refractivity contribution in [1.82, 2.24) is 10.3 Å². The molecule has 2 aliphatic carbocycles. The first-order chi connectivity index (χ1) is 9.50. The van der Waals surface area contributed by atoms with Crippen molar-refractivity contribution in [1.29, 1.82) is 0 Å². The summed E-state index contributed by atoms with van der Waals surface area (Å²) in [5, 5.41) is 3.30. The highest BCUT2D eigenvalue weighted by molar-refractivity contribution is 7.92. The Morgan fingerprint density at radius 3 is 2.70 bits per heavy atom. The maximum absolute atomic E-state index is 11.9. The Hall–Kier alpha value is -0.940. The van der Waals surface area contributed by atoms with E-state index < -0.39 is 14.6 Å². The van der Waals surface area contributed by atoms with Gasteiger partial charge in [-0.15, -0.1) is 0 Å². The van der Waals surface area contributed by atoms with Gasteiger partial charge in [0.15, 0.2) is 9.84 Å². The number of fused-ring (bicyclic) bond motifs is 1. The zero-order valence-corrected chi connectivity index (χ0v) is 12.8. The van der Waals surface area contributed by atoms with Crippen molar-refractivity contribution in [3.05, 3.63) is 29.1 Å². The summed E-state index contributed by atoms with van der Waals surface area (Å²) in [5.41, 5.74) is 3.62. The third-order valence-electron chi connectivity index (χ3n) is 4.79. The number of nitrogens with one attached hydrogen (secondary N) is 1. The van der Waals surface area contributed by atoms with Crippen LogP contribution in [0.1, 0.15) is 42.6 Å². The summed E-state index contributed by atoms with van der Waals surface area (Å²) in [5.74, 6) is 0. The molecule has 0 aromatic carbocycles. The first kappa shape index (κ1) is 14.0. The number of sulfone groups is 1. The molecule has 1 saturated carbocycles. The van der Waals surface area contributed by atoms with E-state index in [1.54, 1.807) is 0 Å². The molecule has 0 bridgehead atoms. The molecule has 2 aliphatic rings. The normalized spacial score (nSPS) is 20.4. The maximum Gasteiger partial charge on any atom is 0.154 e. The molecule has 1 N–H and O–H groups in total. The molecule has 3 rings (SSSR count). The van der Waals surface area contributed by atoms with E-state index >= 15 is 0 Å². The minimum atomic E-state index is -2.97. The van der Waals surface area contributed by atoms with Gasteiger partial charge in [0, 0.05) is 25.0 Å². The molecule has 5 heteroatoms. The van der Waals surface area contributed by atoms with Gasteiger partial charge in [0.2, 0.25) is 0 Å². The lowest BCUT2D eigenvalue weighted by Gasteiger charge is -2.40. The molecule has 0 amide bonds. The Balaban J connectivity index is 1.60. The fourth-order valence-electron chi connectivity index (χ4n) is 3.23. The van der Waals surface area contributed by atoms with Crippen LogP contribution in [0.25, 0.3) is 0 Å². The minimum Gasteiger partial charge on any atom is -0.310 e. The first-order valence-electron chi connectivity index (χ1n) is 7.38. The lowest BCUT2D eigenvalue weighted by Crippen LogP contribution is -2.52. The maximum atomic E-state index is 11.9. The molecule has 1 aromatic rings. The zero-order chi connectivity index (χ0) is 14.2. The summed E-state index contributed by atoms with van der Waals surface area (Å²) < 4.78 is 23.2. The summed E-state index contributed by atoms with van der Waals surface area (Å²) in [6.07, 6.45) is 7.39. The van der Waals surface area contributed by atoms with Crippen LogP contribution in [-0.4, -0.2) is 30.9 Å². The number of aromatic nitrogens is 1. The molecule has 0 saturated heterocycles. The molecule has 110 valence electrons. The van der Waals surface area contributed by atoms with Crippen molar-refractivity contribution in [2.45, 2.75) is 49.8 Å². The third-order valence-corrected chi connectivity index (χ3v) is 6.92. The van der Waals surface area contributed by atoms with Gasteiger partial charge < -0.3 is 5.32 Å². The van der Waals surface area contributed by atoms with E-state index in [4.69, 9.17) is 0 Å². The van der Waals surface area contributed by atoms with Crippen molar-refractivity contribution < 1.29 is 8.42 Å². The Kier molecular flexibility index (Phi) is 3.58. The van der Waals surface area contributed by atoms with Gasteiger partial charge in [-0.1, -0.05) is 12.5 Å². The summed E-state index contributed by atoms with van der Waals surface area (Å²) in [6.45, 7) is 1.20. The molecule has 0 aliphatic heterocycles. The molecule has 1 heterocycles. The molecule has 1 aromatic heterocycles. The predicted molar refractivity (Wildman–Crippen MR) is 79.4 cm³/mol. The fraction of sp³-hybridized carbons (Fsp3) is 0.667. The SMILES string of the molecule is CS(=O)(=O)C1(CNCc2ccc3c(n2)CCC3)CCC1. The van der Waals surface area contributed by atoms with Gasteiger partial charge in [0.05, 0.1) is 10.4 Å². The zero-order valence-electron chi connectivity index (χ0n) is 12.0. The van der Waals surface area contributed by atoms with E-state index in [-0.39, 0.29) is 0 Å². The number of hydrogen-bond acceptors (Lipinski definition) is 4. The smallest absolute Gasteiger partial charge is 0.154 e. The van der Waals surface area contributed by atoms with Crippen LogP contribution in [-0.2, 0) is 29.2 Å². The lowest BCUT2D eigenvalue weighted by atomic mass is 9.84. The van der Waals surface area contributed by atoms with Gasteiger partial charge in [-0.25, -0.2) is 8.42 Å². The van der Waals surface area contributed by atoms with E-state index in [1.807, 2.05) is 0 Å². The molecule has 1 fully saturated rings. The van der Waals surface area contributed by atoms with Crippen LogP contribution >= 0.6 is 0 Å². The van der Waals surface area contributed by atoms with E-state index in [1.165, 1.54) is 23.9 Å². The minimum absolute atomic E-state index is 0.524. The number of nitrogens with zero attached hydrogens (tertiary/aromatic N) is 1. The topological polar surface area (TPSA) is 59.1 Å². The van der Waals surface area contributed by atoms with E-state index in [9.17, 15) is 8.42 Å². The summed E-state index contributed by atoms with van der Waals surface area (Å²) >= 11 is 0.